The molecular weight excluding hydrogens is 570 g/mol. The highest BCUT2D eigenvalue weighted by Gasteiger charge is 2.21. The van der Waals surface area contributed by atoms with Crippen LogP contribution in [0.5, 0.6) is 0 Å². The summed E-state index contributed by atoms with van der Waals surface area (Å²) < 4.78 is 43.5. The maximum atomic E-state index is 13.7. The summed E-state index contributed by atoms with van der Waals surface area (Å²) in [6, 6.07) is 14.5. The summed E-state index contributed by atoms with van der Waals surface area (Å²) in [5.41, 5.74) is 4.11. The largest absolute Gasteiger partial charge is 0.382 e. The second kappa shape index (κ2) is 14.6. The quantitative estimate of drug-likeness (QED) is 0.202. The number of amides is 1. The van der Waals surface area contributed by atoms with Crippen molar-refractivity contribution in [2.24, 2.45) is 0 Å². The highest BCUT2D eigenvalue weighted by Crippen LogP contribution is 2.28. The number of rotatable bonds is 13. The Morgan fingerprint density at radius 2 is 1.64 bits per heavy atom. The number of halogens is 2. The fourth-order valence-corrected chi connectivity index (χ4v) is 5.27. The zero-order valence-electron chi connectivity index (χ0n) is 25.2. The number of H-pyrrole nitrogens is 1. The average molecular weight is 609 g/mol. The summed E-state index contributed by atoms with van der Waals surface area (Å²) in [6.45, 7) is 4.76. The van der Waals surface area contributed by atoms with Crippen molar-refractivity contribution >= 4 is 34.0 Å². The zero-order valence-corrected chi connectivity index (χ0v) is 25.2. The molecule has 3 aromatic carbocycles. The number of nitrogens with one attached hydrogen (secondary N) is 3. The van der Waals surface area contributed by atoms with Crippen LogP contribution in [0.4, 0.5) is 26.0 Å². The number of benzene rings is 3. The van der Waals surface area contributed by atoms with Gasteiger partial charge in [0.25, 0.3) is 5.91 Å². The summed E-state index contributed by atoms with van der Waals surface area (Å²) in [6.07, 6.45) is 0. The number of aromatic nitrogens is 2. The first-order chi connectivity index (χ1) is 21.3. The highest BCUT2D eigenvalue weighted by molar-refractivity contribution is 6.11. The Kier molecular flexibility index (Phi) is 10.4. The number of hydrogen-bond acceptors (Lipinski definition) is 8. The van der Waals surface area contributed by atoms with E-state index in [4.69, 9.17) is 14.2 Å². The van der Waals surface area contributed by atoms with Gasteiger partial charge in [-0.05, 0) is 60.6 Å². The molecule has 1 amide bonds. The number of fused-ring (bicyclic) bond motifs is 1. The SMILES string of the molecule is COCC(COC)Nc1cc(N2CCN(C)CC2)ccc1C(=O)Nc1n[nH]c2ccc(COCc3cc(F)cc(F)c3)cc12. The van der Waals surface area contributed by atoms with Crippen LogP contribution in [0.1, 0.15) is 21.5 Å². The number of carbonyl (C=O) groups is 1. The van der Waals surface area contributed by atoms with Crippen LogP contribution < -0.4 is 15.5 Å². The Labute approximate surface area is 255 Å². The fraction of sp³-hybridized carbons (Fsp3) is 0.375. The first-order valence-corrected chi connectivity index (χ1v) is 14.5. The number of carbonyl (C=O) groups excluding carboxylic acids is 1. The molecule has 0 unspecified atom stereocenters. The average Bonchev–Trinajstić information content (AvgIpc) is 3.39. The monoisotopic (exact) mass is 608 g/mol. The van der Waals surface area contributed by atoms with Crippen molar-refractivity contribution in [1.29, 1.82) is 0 Å². The number of aromatic amines is 1. The van der Waals surface area contributed by atoms with Crippen molar-refractivity contribution in [2.45, 2.75) is 19.3 Å². The van der Waals surface area contributed by atoms with E-state index in [1.807, 2.05) is 36.4 Å². The van der Waals surface area contributed by atoms with Gasteiger partial charge in [0.15, 0.2) is 5.82 Å². The molecular formula is C32H38F2N6O4. The van der Waals surface area contributed by atoms with E-state index in [9.17, 15) is 13.6 Å². The lowest BCUT2D eigenvalue weighted by molar-refractivity contribution is 0.102. The molecule has 44 heavy (non-hydrogen) atoms. The maximum absolute atomic E-state index is 13.7. The molecule has 12 heteroatoms. The molecule has 0 spiro atoms. The van der Waals surface area contributed by atoms with Crippen molar-refractivity contribution in [2.75, 3.05) is 76.2 Å². The summed E-state index contributed by atoms with van der Waals surface area (Å²) >= 11 is 0. The van der Waals surface area contributed by atoms with Gasteiger partial charge < -0.3 is 34.6 Å². The van der Waals surface area contributed by atoms with Gasteiger partial charge >= 0.3 is 0 Å². The molecule has 3 N–H and O–H groups in total. The van der Waals surface area contributed by atoms with Crippen LogP contribution in [0.2, 0.25) is 0 Å². The van der Waals surface area contributed by atoms with Gasteiger partial charge in [0.2, 0.25) is 0 Å². The zero-order chi connectivity index (χ0) is 31.1. The molecule has 1 fully saturated rings. The van der Waals surface area contributed by atoms with Gasteiger partial charge in [0, 0.05) is 63.2 Å². The van der Waals surface area contributed by atoms with E-state index in [2.05, 4.69) is 37.7 Å². The molecule has 0 atom stereocenters. The number of ether oxygens (including phenoxy) is 3. The standard InChI is InChI=1S/C32H38F2N6O4/c1-39-8-10-40(11-9-39)26-5-6-27(30(16-26)35-25(19-42-2)20-43-3)32(41)36-31-28-14-21(4-7-29(28)37-38-31)17-44-18-22-12-23(33)15-24(34)13-22/h4-7,12-16,25,35H,8-11,17-20H2,1-3H3,(H2,36,37,38,41). The first kappa shape index (κ1) is 31.3. The molecule has 0 radical (unpaired) electrons. The number of likely N-dealkylation sites (N-methyl/N-ethyl adjacent to an activating group) is 1. The number of nitrogens with zero attached hydrogens (tertiary/aromatic N) is 3. The van der Waals surface area contributed by atoms with E-state index in [0.717, 1.165) is 49.0 Å². The molecule has 234 valence electrons. The number of methoxy groups -OCH3 is 2. The predicted molar refractivity (Wildman–Crippen MR) is 166 cm³/mol. The topological polar surface area (TPSA) is 104 Å². The Morgan fingerprint density at radius 3 is 2.34 bits per heavy atom. The molecule has 0 aliphatic carbocycles. The van der Waals surface area contributed by atoms with E-state index >= 15 is 0 Å². The molecule has 1 aromatic heterocycles. The first-order valence-electron chi connectivity index (χ1n) is 14.5. The number of hydrogen-bond donors (Lipinski definition) is 3. The van der Waals surface area contributed by atoms with E-state index in [1.54, 1.807) is 14.2 Å². The normalized spacial score (nSPS) is 14.0. The maximum Gasteiger partial charge on any atom is 0.258 e. The van der Waals surface area contributed by atoms with Gasteiger partial charge in [0.05, 0.1) is 43.5 Å². The Balaban J connectivity index is 1.34. The van der Waals surface area contributed by atoms with Crippen molar-refractivity contribution in [3.63, 3.8) is 0 Å². The third-order valence-corrected chi connectivity index (χ3v) is 7.53. The molecule has 0 saturated carbocycles. The van der Waals surface area contributed by atoms with Crippen LogP contribution in [0.3, 0.4) is 0 Å². The molecule has 1 saturated heterocycles. The van der Waals surface area contributed by atoms with Crippen LogP contribution in [0, 0.1) is 11.6 Å². The highest BCUT2D eigenvalue weighted by atomic mass is 19.1. The van der Waals surface area contributed by atoms with Gasteiger partial charge in [-0.15, -0.1) is 0 Å². The van der Waals surface area contributed by atoms with Gasteiger partial charge in [-0.1, -0.05) is 6.07 Å². The van der Waals surface area contributed by atoms with Crippen LogP contribution in [-0.4, -0.2) is 87.7 Å². The summed E-state index contributed by atoms with van der Waals surface area (Å²) in [4.78, 5) is 18.3. The smallest absolute Gasteiger partial charge is 0.258 e. The number of anilines is 3. The third-order valence-electron chi connectivity index (χ3n) is 7.53. The Bertz CT molecular complexity index is 1550. The minimum Gasteiger partial charge on any atom is -0.382 e. The van der Waals surface area contributed by atoms with E-state index < -0.39 is 11.6 Å². The molecule has 1 aliphatic heterocycles. The van der Waals surface area contributed by atoms with Gasteiger partial charge in [0.1, 0.15) is 11.6 Å². The predicted octanol–water partition coefficient (Wildman–Crippen LogP) is 4.64. The van der Waals surface area contributed by atoms with Gasteiger partial charge in [-0.3, -0.25) is 9.89 Å². The Morgan fingerprint density at radius 1 is 0.932 bits per heavy atom. The molecule has 0 bridgehead atoms. The van der Waals surface area contributed by atoms with Crippen molar-refractivity contribution < 1.29 is 27.8 Å². The molecule has 10 nitrogen and oxygen atoms in total. The van der Waals surface area contributed by atoms with Crippen LogP contribution in [0.25, 0.3) is 10.9 Å². The fourth-order valence-electron chi connectivity index (χ4n) is 5.27. The van der Waals surface area contributed by atoms with Gasteiger partial charge in [-0.2, -0.15) is 5.10 Å². The molecule has 5 rings (SSSR count). The lowest BCUT2D eigenvalue weighted by Gasteiger charge is -2.34. The summed E-state index contributed by atoms with van der Waals surface area (Å²) in [5.74, 6) is -1.25. The van der Waals surface area contributed by atoms with Gasteiger partial charge in [-0.25, -0.2) is 8.78 Å². The third kappa shape index (κ3) is 7.88. The minimum absolute atomic E-state index is 0.0503. The second-order valence-corrected chi connectivity index (χ2v) is 10.9. The lowest BCUT2D eigenvalue weighted by Crippen LogP contribution is -2.44. The van der Waals surface area contributed by atoms with Crippen molar-refractivity contribution in [3.05, 3.63) is 82.9 Å². The Hall–Kier alpha value is -4.10. The summed E-state index contributed by atoms with van der Waals surface area (Å²) in [5, 5.41) is 14.4. The van der Waals surface area contributed by atoms with Crippen LogP contribution in [-0.2, 0) is 27.4 Å². The molecule has 4 aromatic rings. The van der Waals surface area contributed by atoms with E-state index in [1.165, 1.54) is 12.1 Å². The van der Waals surface area contributed by atoms with Crippen LogP contribution in [0.15, 0.2) is 54.6 Å². The molecule has 1 aliphatic rings. The van der Waals surface area contributed by atoms with Crippen LogP contribution >= 0.6 is 0 Å². The lowest BCUT2D eigenvalue weighted by atomic mass is 10.1. The minimum atomic E-state index is -0.649. The molecule has 2 heterocycles. The number of piperazine rings is 1. The van der Waals surface area contributed by atoms with Crippen molar-refractivity contribution in [1.82, 2.24) is 15.1 Å². The summed E-state index contributed by atoms with van der Waals surface area (Å²) in [7, 11) is 5.37. The van der Waals surface area contributed by atoms with E-state index in [0.29, 0.717) is 41.2 Å². The van der Waals surface area contributed by atoms with E-state index in [-0.39, 0.29) is 25.2 Å². The van der Waals surface area contributed by atoms with Crippen molar-refractivity contribution in [3.8, 4) is 0 Å². The second-order valence-electron chi connectivity index (χ2n) is 10.9.